The van der Waals surface area contributed by atoms with Gasteiger partial charge in [-0.2, -0.15) is 4.98 Å². The van der Waals surface area contributed by atoms with Gasteiger partial charge in [0.1, 0.15) is 11.9 Å². The fourth-order valence-corrected chi connectivity index (χ4v) is 4.38. The number of methoxy groups -OCH3 is 1. The molecule has 160 valence electrons. The van der Waals surface area contributed by atoms with Gasteiger partial charge in [0.2, 0.25) is 11.8 Å². The Kier molecular flexibility index (Phi) is 6.03. The first-order chi connectivity index (χ1) is 14.6. The van der Waals surface area contributed by atoms with E-state index in [-0.39, 0.29) is 6.10 Å². The topological polar surface area (TPSA) is 94.0 Å². The van der Waals surface area contributed by atoms with Gasteiger partial charge in [-0.1, -0.05) is 6.07 Å². The van der Waals surface area contributed by atoms with Gasteiger partial charge in [0, 0.05) is 25.4 Å². The number of aliphatic hydroxyl groups excluding tert-OH is 1. The Balaban J connectivity index is 1.42. The minimum atomic E-state index is -0.566. The molecule has 0 bridgehead atoms. The van der Waals surface area contributed by atoms with Crippen molar-refractivity contribution in [1.29, 1.82) is 0 Å². The molecule has 1 saturated carbocycles. The first kappa shape index (κ1) is 20.4. The van der Waals surface area contributed by atoms with Crippen LogP contribution in [-0.2, 0) is 4.74 Å². The molecule has 0 radical (unpaired) electrons. The number of carbonyl (C=O) groups is 1. The summed E-state index contributed by atoms with van der Waals surface area (Å²) in [6.45, 7) is 4.11. The minimum Gasteiger partial charge on any atom is -0.488 e. The second-order valence-corrected chi connectivity index (χ2v) is 7.77. The summed E-state index contributed by atoms with van der Waals surface area (Å²) in [7, 11) is 1.35. The fourth-order valence-electron chi connectivity index (χ4n) is 4.38. The Morgan fingerprint density at radius 2 is 2.03 bits per heavy atom. The van der Waals surface area contributed by atoms with Crippen LogP contribution in [0.4, 0.5) is 5.95 Å². The van der Waals surface area contributed by atoms with Crippen molar-refractivity contribution in [2.24, 2.45) is 11.8 Å². The van der Waals surface area contributed by atoms with Gasteiger partial charge in [-0.3, -0.25) is 0 Å². The number of benzene rings is 1. The van der Waals surface area contributed by atoms with E-state index in [1.165, 1.54) is 7.11 Å². The third kappa shape index (κ3) is 4.33. The lowest BCUT2D eigenvalue weighted by atomic mass is 9.78. The molecular weight excluding hydrogens is 386 g/mol. The highest BCUT2D eigenvalue weighted by Crippen LogP contribution is 2.39. The van der Waals surface area contributed by atoms with Crippen LogP contribution < -0.4 is 14.4 Å². The molecule has 2 heterocycles. The number of carbonyl (C=O) groups excluding carboxylic acids is 1. The summed E-state index contributed by atoms with van der Waals surface area (Å²) in [5.41, 5.74) is 0.427. The number of aliphatic hydroxyl groups is 1. The number of esters is 1. The molecule has 2 aliphatic rings. The number of anilines is 1. The van der Waals surface area contributed by atoms with Crippen molar-refractivity contribution in [3.63, 3.8) is 0 Å². The van der Waals surface area contributed by atoms with Crippen molar-refractivity contribution in [2.75, 3.05) is 31.7 Å². The number of hydrogen-bond acceptors (Lipinski definition) is 8. The predicted octanol–water partition coefficient (Wildman–Crippen LogP) is 2.32. The third-order valence-electron chi connectivity index (χ3n) is 5.82. The quantitative estimate of drug-likeness (QED) is 0.721. The molecule has 1 aliphatic carbocycles. The zero-order chi connectivity index (χ0) is 21.1. The summed E-state index contributed by atoms with van der Waals surface area (Å²) in [6.07, 6.45) is 2.21. The van der Waals surface area contributed by atoms with E-state index in [1.807, 2.05) is 6.92 Å². The largest absolute Gasteiger partial charge is 0.488 e. The van der Waals surface area contributed by atoms with Gasteiger partial charge >= 0.3 is 5.97 Å². The van der Waals surface area contributed by atoms with Crippen molar-refractivity contribution >= 4 is 11.9 Å². The second kappa shape index (κ2) is 8.87. The summed E-state index contributed by atoms with van der Waals surface area (Å²) >= 11 is 0. The Bertz CT molecular complexity index is 893. The molecule has 1 saturated heterocycles. The van der Waals surface area contributed by atoms with E-state index in [4.69, 9.17) is 14.2 Å². The van der Waals surface area contributed by atoms with Crippen LogP contribution >= 0.6 is 0 Å². The molecule has 8 nitrogen and oxygen atoms in total. The summed E-state index contributed by atoms with van der Waals surface area (Å²) in [5, 5.41) is 10.7. The van der Waals surface area contributed by atoms with Gasteiger partial charge in [0.15, 0.2) is 0 Å². The second-order valence-electron chi connectivity index (χ2n) is 7.77. The van der Waals surface area contributed by atoms with Crippen LogP contribution in [-0.4, -0.2) is 60.1 Å². The number of nitrogens with zero attached hydrogens (tertiary/aromatic N) is 3. The normalized spacial score (nSPS) is 25.5. The van der Waals surface area contributed by atoms with Gasteiger partial charge < -0.3 is 24.2 Å². The summed E-state index contributed by atoms with van der Waals surface area (Å²) < 4.78 is 16.3. The Labute approximate surface area is 175 Å². The first-order valence-corrected chi connectivity index (χ1v) is 10.3. The Hall–Kier alpha value is -2.87. The molecule has 1 aromatic heterocycles. The van der Waals surface area contributed by atoms with Crippen molar-refractivity contribution in [2.45, 2.75) is 32.0 Å². The van der Waals surface area contributed by atoms with E-state index in [0.717, 1.165) is 19.5 Å². The number of aromatic nitrogens is 2. The molecule has 1 aromatic carbocycles. The van der Waals surface area contributed by atoms with Crippen LogP contribution in [0.3, 0.4) is 0 Å². The highest BCUT2D eigenvalue weighted by Gasteiger charge is 2.43. The Morgan fingerprint density at radius 1 is 1.23 bits per heavy atom. The molecule has 0 spiro atoms. The molecule has 1 aliphatic heterocycles. The zero-order valence-corrected chi connectivity index (χ0v) is 17.2. The fraction of sp³-hybridized carbons (Fsp3) is 0.500. The predicted molar refractivity (Wildman–Crippen MR) is 110 cm³/mol. The summed E-state index contributed by atoms with van der Waals surface area (Å²) in [4.78, 5) is 22.8. The molecular formula is C22H27N3O5. The first-order valence-electron chi connectivity index (χ1n) is 10.3. The average molecular weight is 413 g/mol. The van der Waals surface area contributed by atoms with Crippen LogP contribution in [0.1, 0.15) is 30.1 Å². The van der Waals surface area contributed by atoms with E-state index in [1.54, 1.807) is 36.5 Å². The molecule has 0 amide bonds. The molecule has 4 atom stereocenters. The maximum atomic E-state index is 11.8. The van der Waals surface area contributed by atoms with Crippen molar-refractivity contribution in [3.8, 4) is 11.6 Å². The van der Waals surface area contributed by atoms with E-state index in [2.05, 4.69) is 14.9 Å². The molecule has 1 N–H and O–H groups in total. The lowest BCUT2D eigenvalue weighted by Gasteiger charge is -2.35. The minimum absolute atomic E-state index is 0.324. The number of fused-ring (bicyclic) bond motifs is 1. The smallest absolute Gasteiger partial charge is 0.337 e. The summed E-state index contributed by atoms with van der Waals surface area (Å²) in [6, 6.07) is 8.63. The van der Waals surface area contributed by atoms with E-state index < -0.39 is 12.1 Å². The number of hydrogen-bond donors (Lipinski definition) is 1. The van der Waals surface area contributed by atoms with Crippen LogP contribution in [0, 0.1) is 11.8 Å². The molecule has 2 aromatic rings. The van der Waals surface area contributed by atoms with Gasteiger partial charge in [0.05, 0.1) is 25.4 Å². The molecule has 4 rings (SSSR count). The monoisotopic (exact) mass is 413 g/mol. The standard InChI is InChI=1S/C22H27N3O5/c1-3-29-20-7-8-23-22(24-20)25-12-15-10-18(26)19(11-16(15)13-25)30-17-6-4-5-14(9-17)21(27)28-2/h4-9,15-16,18-19,26H,3,10-13H2,1-2H3/t15-,16+,18+,19+/m0/s1. The van der Waals surface area contributed by atoms with Gasteiger partial charge in [-0.05, 0) is 49.8 Å². The summed E-state index contributed by atoms with van der Waals surface area (Å²) in [5.74, 6) is 2.12. The SMILES string of the molecule is CCOc1ccnc(N2C[C@H]3C[C@@H](Oc4cccc(C(=O)OC)c4)[C@H](O)C[C@H]3C2)n1. The molecule has 30 heavy (non-hydrogen) atoms. The number of ether oxygens (including phenoxy) is 3. The van der Waals surface area contributed by atoms with Crippen LogP contribution in [0.2, 0.25) is 0 Å². The van der Waals surface area contributed by atoms with Crippen LogP contribution in [0.15, 0.2) is 36.5 Å². The third-order valence-corrected chi connectivity index (χ3v) is 5.82. The van der Waals surface area contributed by atoms with E-state index in [0.29, 0.717) is 48.0 Å². The van der Waals surface area contributed by atoms with Crippen LogP contribution in [0.25, 0.3) is 0 Å². The average Bonchev–Trinajstić information content (AvgIpc) is 3.17. The maximum Gasteiger partial charge on any atom is 0.337 e. The van der Waals surface area contributed by atoms with Crippen molar-refractivity contribution in [1.82, 2.24) is 9.97 Å². The lowest BCUT2D eigenvalue weighted by Crippen LogP contribution is -2.42. The molecule has 8 heteroatoms. The van der Waals surface area contributed by atoms with E-state index >= 15 is 0 Å². The van der Waals surface area contributed by atoms with Gasteiger partial charge in [0.25, 0.3) is 0 Å². The van der Waals surface area contributed by atoms with E-state index in [9.17, 15) is 9.90 Å². The van der Waals surface area contributed by atoms with Gasteiger partial charge in [-0.15, -0.1) is 0 Å². The molecule has 0 unspecified atom stereocenters. The highest BCUT2D eigenvalue weighted by molar-refractivity contribution is 5.89. The zero-order valence-electron chi connectivity index (χ0n) is 17.2. The highest BCUT2D eigenvalue weighted by atomic mass is 16.5. The maximum absolute atomic E-state index is 11.8. The Morgan fingerprint density at radius 3 is 2.80 bits per heavy atom. The van der Waals surface area contributed by atoms with Gasteiger partial charge in [-0.25, -0.2) is 9.78 Å². The van der Waals surface area contributed by atoms with Crippen molar-refractivity contribution < 1.29 is 24.1 Å². The van der Waals surface area contributed by atoms with Crippen molar-refractivity contribution in [3.05, 3.63) is 42.1 Å². The van der Waals surface area contributed by atoms with Crippen LogP contribution in [0.5, 0.6) is 11.6 Å². The molecule has 2 fully saturated rings. The lowest BCUT2D eigenvalue weighted by molar-refractivity contribution is -0.0231. The number of rotatable bonds is 6.